The predicted molar refractivity (Wildman–Crippen MR) is 108 cm³/mol. The molecule has 5 nitrogen and oxygen atoms in total. The van der Waals surface area contributed by atoms with Crippen molar-refractivity contribution in [1.29, 1.82) is 0 Å². The number of rotatable bonds is 8. The third kappa shape index (κ3) is 10.4. The number of amides is 1. The van der Waals surface area contributed by atoms with Gasteiger partial charge in [-0.1, -0.05) is 19.9 Å². The van der Waals surface area contributed by atoms with Crippen LogP contribution in [0.15, 0.2) is 29.3 Å². The third-order valence-corrected chi connectivity index (χ3v) is 3.08. The molecular weight excluding hydrogens is 422 g/mol. The summed E-state index contributed by atoms with van der Waals surface area (Å²) in [5.74, 6) is 0.625. The molecule has 0 aromatic heterocycles. The molecule has 0 unspecified atom stereocenters. The van der Waals surface area contributed by atoms with Gasteiger partial charge in [-0.05, 0) is 43.9 Å². The summed E-state index contributed by atoms with van der Waals surface area (Å²) in [5, 5.41) is 8.92. The van der Waals surface area contributed by atoms with Gasteiger partial charge >= 0.3 is 0 Å². The first-order valence-corrected chi connectivity index (χ1v) is 8.09. The Morgan fingerprint density at radius 1 is 1.29 bits per heavy atom. The second kappa shape index (κ2) is 13.0. The lowest BCUT2D eigenvalue weighted by Gasteiger charge is -2.12. The van der Waals surface area contributed by atoms with Crippen LogP contribution in [0.3, 0.4) is 0 Å². The Morgan fingerprint density at radius 2 is 2.04 bits per heavy atom. The number of nitrogens with one attached hydrogen (secondary N) is 3. The summed E-state index contributed by atoms with van der Waals surface area (Å²) < 4.78 is 13.1. The summed E-state index contributed by atoms with van der Waals surface area (Å²) in [6.07, 6.45) is 2.20. The lowest BCUT2D eigenvalue weighted by Crippen LogP contribution is -2.38. The highest BCUT2D eigenvalue weighted by Gasteiger charge is 2.04. The van der Waals surface area contributed by atoms with Crippen molar-refractivity contribution in [1.82, 2.24) is 10.6 Å². The van der Waals surface area contributed by atoms with Crippen LogP contribution >= 0.6 is 24.0 Å². The molecule has 24 heavy (non-hydrogen) atoms. The Balaban J connectivity index is 0.00000529. The van der Waals surface area contributed by atoms with E-state index >= 15 is 0 Å². The maximum atomic E-state index is 13.1. The van der Waals surface area contributed by atoms with Gasteiger partial charge in [0.25, 0.3) is 0 Å². The van der Waals surface area contributed by atoms with Crippen molar-refractivity contribution in [3.63, 3.8) is 0 Å². The smallest absolute Gasteiger partial charge is 0.246 e. The average molecular weight is 450 g/mol. The van der Waals surface area contributed by atoms with Crippen LogP contribution in [0.4, 0.5) is 10.1 Å². The molecule has 0 atom stereocenters. The maximum Gasteiger partial charge on any atom is 0.246 e. The zero-order valence-corrected chi connectivity index (χ0v) is 16.9. The summed E-state index contributed by atoms with van der Waals surface area (Å²) in [4.78, 5) is 16.1. The number of nitrogens with zero attached hydrogens (tertiary/aromatic N) is 1. The number of carbonyl (C=O) groups excluding carboxylic acids is 1. The molecule has 0 fully saturated rings. The van der Waals surface area contributed by atoms with E-state index in [-0.39, 0.29) is 42.2 Å². The standard InChI is InChI=1S/C17H27FN4O.HI/c1-4-19-17(20-10-6-7-13(2)3)21-12-16(23)22-15-9-5-8-14(18)11-15;/h5,8-9,11,13H,4,6-7,10,12H2,1-3H3,(H,22,23)(H2,19,20,21);1H. The van der Waals surface area contributed by atoms with E-state index in [4.69, 9.17) is 0 Å². The van der Waals surface area contributed by atoms with E-state index < -0.39 is 0 Å². The lowest BCUT2D eigenvalue weighted by molar-refractivity contribution is -0.114. The molecule has 0 radical (unpaired) electrons. The molecule has 0 saturated carbocycles. The van der Waals surface area contributed by atoms with Crippen molar-refractivity contribution in [3.05, 3.63) is 30.1 Å². The second-order valence-electron chi connectivity index (χ2n) is 5.72. The van der Waals surface area contributed by atoms with Crippen LogP contribution in [0.5, 0.6) is 0 Å². The molecule has 1 amide bonds. The molecule has 1 aromatic carbocycles. The van der Waals surface area contributed by atoms with Crippen LogP contribution in [0.2, 0.25) is 0 Å². The van der Waals surface area contributed by atoms with Crippen molar-refractivity contribution in [2.45, 2.75) is 33.6 Å². The number of benzene rings is 1. The predicted octanol–water partition coefficient (Wildman–Crippen LogP) is 3.37. The monoisotopic (exact) mass is 450 g/mol. The number of anilines is 1. The van der Waals surface area contributed by atoms with E-state index in [0.717, 1.165) is 25.9 Å². The topological polar surface area (TPSA) is 65.5 Å². The van der Waals surface area contributed by atoms with Gasteiger partial charge in [-0.25, -0.2) is 9.38 Å². The van der Waals surface area contributed by atoms with Gasteiger partial charge in [0.2, 0.25) is 5.91 Å². The Bertz CT molecular complexity index is 523. The minimum absolute atomic E-state index is 0. The first-order chi connectivity index (χ1) is 11.0. The first-order valence-electron chi connectivity index (χ1n) is 8.09. The van der Waals surface area contributed by atoms with Gasteiger partial charge in [0.15, 0.2) is 5.96 Å². The van der Waals surface area contributed by atoms with E-state index in [1.165, 1.54) is 12.1 Å². The van der Waals surface area contributed by atoms with Gasteiger partial charge in [0, 0.05) is 18.8 Å². The number of carbonyl (C=O) groups is 1. The Hall–Kier alpha value is -1.38. The van der Waals surface area contributed by atoms with Gasteiger partial charge in [-0.2, -0.15) is 0 Å². The van der Waals surface area contributed by atoms with E-state index in [9.17, 15) is 9.18 Å². The molecule has 3 N–H and O–H groups in total. The fraction of sp³-hybridized carbons (Fsp3) is 0.529. The molecule has 0 heterocycles. The maximum absolute atomic E-state index is 13.1. The highest BCUT2D eigenvalue weighted by Crippen LogP contribution is 2.08. The Kier molecular flexibility index (Phi) is 12.2. The Morgan fingerprint density at radius 3 is 2.67 bits per heavy atom. The molecule has 7 heteroatoms. The van der Waals surface area contributed by atoms with Crippen molar-refractivity contribution < 1.29 is 9.18 Å². The fourth-order valence-electron chi connectivity index (χ4n) is 1.98. The minimum atomic E-state index is -0.383. The molecule has 0 spiro atoms. The minimum Gasteiger partial charge on any atom is -0.357 e. The van der Waals surface area contributed by atoms with Crippen LogP contribution in [0, 0.1) is 11.7 Å². The van der Waals surface area contributed by atoms with E-state index in [0.29, 0.717) is 17.6 Å². The largest absolute Gasteiger partial charge is 0.357 e. The second-order valence-corrected chi connectivity index (χ2v) is 5.72. The highest BCUT2D eigenvalue weighted by molar-refractivity contribution is 14.0. The average Bonchev–Trinajstić information content (AvgIpc) is 2.48. The fourth-order valence-corrected chi connectivity index (χ4v) is 1.98. The number of hydrogen-bond donors (Lipinski definition) is 3. The van der Waals surface area contributed by atoms with Gasteiger partial charge in [0.05, 0.1) is 0 Å². The van der Waals surface area contributed by atoms with E-state index in [2.05, 4.69) is 34.8 Å². The van der Waals surface area contributed by atoms with Gasteiger partial charge in [0.1, 0.15) is 12.4 Å². The molecular formula is C17H28FIN4O. The van der Waals surface area contributed by atoms with Crippen LogP contribution in [0.1, 0.15) is 33.6 Å². The zero-order valence-electron chi connectivity index (χ0n) is 14.6. The molecule has 136 valence electrons. The lowest BCUT2D eigenvalue weighted by atomic mass is 10.1. The molecule has 1 aromatic rings. The molecule has 0 bridgehead atoms. The van der Waals surface area contributed by atoms with E-state index in [1.807, 2.05) is 6.92 Å². The van der Waals surface area contributed by atoms with Crippen LogP contribution in [0.25, 0.3) is 0 Å². The Labute approximate surface area is 160 Å². The quantitative estimate of drug-likeness (QED) is 0.246. The first kappa shape index (κ1) is 22.6. The molecule has 0 aliphatic rings. The van der Waals surface area contributed by atoms with Gasteiger partial charge in [-0.3, -0.25) is 4.79 Å². The SMILES string of the molecule is CCNC(=NCC(=O)Nc1cccc(F)c1)NCCCC(C)C.I. The van der Waals surface area contributed by atoms with Gasteiger partial charge < -0.3 is 16.0 Å². The third-order valence-electron chi connectivity index (χ3n) is 3.08. The number of aliphatic imine (C=N–C) groups is 1. The van der Waals surface area contributed by atoms with Crippen molar-refractivity contribution in [2.75, 3.05) is 25.0 Å². The van der Waals surface area contributed by atoms with Crippen LogP contribution in [-0.2, 0) is 4.79 Å². The molecule has 1 rings (SSSR count). The van der Waals surface area contributed by atoms with Crippen molar-refractivity contribution >= 4 is 41.5 Å². The van der Waals surface area contributed by atoms with Crippen LogP contribution in [-0.4, -0.2) is 31.5 Å². The van der Waals surface area contributed by atoms with Crippen LogP contribution < -0.4 is 16.0 Å². The molecule has 0 aliphatic heterocycles. The summed E-state index contributed by atoms with van der Waals surface area (Å²) >= 11 is 0. The van der Waals surface area contributed by atoms with Crippen molar-refractivity contribution in [3.8, 4) is 0 Å². The zero-order chi connectivity index (χ0) is 17.1. The summed E-state index contributed by atoms with van der Waals surface area (Å²) in [6, 6.07) is 5.80. The number of halogens is 2. The summed E-state index contributed by atoms with van der Waals surface area (Å²) in [5.41, 5.74) is 0.431. The van der Waals surface area contributed by atoms with Crippen molar-refractivity contribution in [2.24, 2.45) is 10.9 Å². The molecule has 0 aliphatic carbocycles. The number of guanidine groups is 1. The van der Waals surface area contributed by atoms with Gasteiger partial charge in [-0.15, -0.1) is 24.0 Å². The summed E-state index contributed by atoms with van der Waals surface area (Å²) in [7, 11) is 0. The highest BCUT2D eigenvalue weighted by atomic mass is 127. The summed E-state index contributed by atoms with van der Waals surface area (Å²) in [6.45, 7) is 7.87. The molecule has 0 saturated heterocycles. The number of hydrogen-bond acceptors (Lipinski definition) is 2. The van der Waals surface area contributed by atoms with E-state index in [1.54, 1.807) is 12.1 Å². The normalized spacial score (nSPS) is 11.0.